The summed E-state index contributed by atoms with van der Waals surface area (Å²) in [6.07, 6.45) is 2.55. The Bertz CT molecular complexity index is 875. The van der Waals surface area contributed by atoms with E-state index in [2.05, 4.69) is 53.5 Å². The Morgan fingerprint density at radius 3 is 1.76 bits per heavy atom. The Hall–Kier alpha value is -3.13. The monoisotopic (exact) mass is 325 g/mol. The molecular formula is C23H19NO. The summed E-state index contributed by atoms with van der Waals surface area (Å²) in [4.78, 5) is 4.52. The zero-order valence-electron chi connectivity index (χ0n) is 13.9. The number of benzene rings is 3. The smallest absolute Gasteiger partial charge is 0.195 e. The third-order valence-electron chi connectivity index (χ3n) is 4.39. The van der Waals surface area contributed by atoms with Gasteiger partial charge in [0.2, 0.25) is 0 Å². The van der Waals surface area contributed by atoms with E-state index in [-0.39, 0.29) is 5.92 Å². The average Bonchev–Trinajstić information content (AvgIpc) is 3.17. The molecule has 1 heterocycles. The van der Waals surface area contributed by atoms with Gasteiger partial charge in [0.05, 0.1) is 6.20 Å². The Labute approximate surface area is 147 Å². The molecule has 0 unspecified atom stereocenters. The zero-order valence-corrected chi connectivity index (χ0v) is 13.9. The van der Waals surface area contributed by atoms with Gasteiger partial charge in [-0.05, 0) is 11.1 Å². The van der Waals surface area contributed by atoms with Crippen molar-refractivity contribution in [2.45, 2.75) is 12.3 Å². The second-order valence-corrected chi connectivity index (χ2v) is 6.06. The summed E-state index contributed by atoms with van der Waals surface area (Å²) in [5.41, 5.74) is 3.60. The first-order valence-corrected chi connectivity index (χ1v) is 8.50. The van der Waals surface area contributed by atoms with Crippen LogP contribution >= 0.6 is 0 Å². The van der Waals surface area contributed by atoms with Crippen molar-refractivity contribution in [3.63, 3.8) is 0 Å². The van der Waals surface area contributed by atoms with Gasteiger partial charge in [0.25, 0.3) is 0 Å². The molecule has 0 aliphatic heterocycles. The van der Waals surface area contributed by atoms with Gasteiger partial charge in [-0.1, -0.05) is 91.0 Å². The van der Waals surface area contributed by atoms with Crippen molar-refractivity contribution < 1.29 is 4.42 Å². The second-order valence-electron chi connectivity index (χ2n) is 6.06. The number of rotatable bonds is 5. The summed E-state index contributed by atoms with van der Waals surface area (Å²) in [6.45, 7) is 0. The molecule has 0 aliphatic rings. The number of hydrogen-bond acceptors (Lipinski definition) is 2. The zero-order chi connectivity index (χ0) is 16.9. The van der Waals surface area contributed by atoms with Crippen LogP contribution in [0, 0.1) is 0 Å². The minimum atomic E-state index is 0.227. The van der Waals surface area contributed by atoms with Crippen molar-refractivity contribution in [2.75, 3.05) is 0 Å². The summed E-state index contributed by atoms with van der Waals surface area (Å²) in [5.74, 6) is 1.80. The van der Waals surface area contributed by atoms with Gasteiger partial charge in [-0.3, -0.25) is 0 Å². The van der Waals surface area contributed by atoms with Gasteiger partial charge in [0, 0.05) is 17.9 Å². The molecule has 1 aromatic heterocycles. The van der Waals surface area contributed by atoms with Crippen LogP contribution in [0.2, 0.25) is 0 Å². The van der Waals surface area contributed by atoms with Crippen LogP contribution < -0.4 is 0 Å². The summed E-state index contributed by atoms with van der Waals surface area (Å²) in [5, 5.41) is 0. The van der Waals surface area contributed by atoms with Gasteiger partial charge in [-0.15, -0.1) is 0 Å². The lowest BCUT2D eigenvalue weighted by molar-refractivity contribution is 0.494. The molecule has 2 nitrogen and oxygen atoms in total. The Morgan fingerprint density at radius 2 is 1.20 bits per heavy atom. The molecule has 0 spiro atoms. The maximum atomic E-state index is 6.03. The van der Waals surface area contributed by atoms with Crippen molar-refractivity contribution in [3.05, 3.63) is 114 Å². The molecule has 4 aromatic rings. The topological polar surface area (TPSA) is 26.0 Å². The van der Waals surface area contributed by atoms with Gasteiger partial charge in [0.1, 0.15) is 0 Å². The molecule has 122 valence electrons. The van der Waals surface area contributed by atoms with Crippen LogP contribution in [0.3, 0.4) is 0 Å². The predicted octanol–water partition coefficient (Wildman–Crippen LogP) is 5.72. The average molecular weight is 325 g/mol. The summed E-state index contributed by atoms with van der Waals surface area (Å²) in [6, 6.07) is 31.2. The van der Waals surface area contributed by atoms with E-state index in [1.807, 2.05) is 48.7 Å². The molecule has 4 rings (SSSR count). The fourth-order valence-electron chi connectivity index (χ4n) is 3.11. The highest BCUT2D eigenvalue weighted by atomic mass is 16.4. The molecule has 0 saturated heterocycles. The van der Waals surface area contributed by atoms with E-state index in [1.165, 1.54) is 11.1 Å². The highest BCUT2D eigenvalue weighted by molar-refractivity contribution is 5.55. The lowest BCUT2D eigenvalue weighted by atomic mass is 9.88. The van der Waals surface area contributed by atoms with Crippen LogP contribution in [0.15, 0.2) is 102 Å². The molecule has 0 aliphatic carbocycles. The van der Waals surface area contributed by atoms with Crippen LogP contribution in [0.1, 0.15) is 22.9 Å². The van der Waals surface area contributed by atoms with Crippen molar-refractivity contribution in [3.8, 4) is 11.3 Å². The molecule has 3 aromatic carbocycles. The summed E-state index contributed by atoms with van der Waals surface area (Å²) in [7, 11) is 0. The van der Waals surface area contributed by atoms with E-state index in [0.717, 1.165) is 23.6 Å². The second kappa shape index (κ2) is 7.18. The van der Waals surface area contributed by atoms with Crippen molar-refractivity contribution in [1.82, 2.24) is 4.98 Å². The Balaban J connectivity index is 1.65. The lowest BCUT2D eigenvalue weighted by Crippen LogP contribution is -2.05. The molecule has 0 radical (unpaired) electrons. The van der Waals surface area contributed by atoms with Gasteiger partial charge in [-0.2, -0.15) is 0 Å². The van der Waals surface area contributed by atoms with Gasteiger partial charge < -0.3 is 4.42 Å². The van der Waals surface area contributed by atoms with Gasteiger partial charge in [-0.25, -0.2) is 4.98 Å². The fourth-order valence-corrected chi connectivity index (χ4v) is 3.11. The van der Waals surface area contributed by atoms with Crippen LogP contribution in [-0.2, 0) is 6.42 Å². The van der Waals surface area contributed by atoms with E-state index < -0.39 is 0 Å². The first-order valence-electron chi connectivity index (χ1n) is 8.50. The minimum absolute atomic E-state index is 0.227. The number of aromatic nitrogens is 1. The molecule has 2 heteroatoms. The molecule has 0 saturated carbocycles. The fraction of sp³-hybridized carbons (Fsp3) is 0.0870. The number of nitrogens with zero attached hydrogens (tertiary/aromatic N) is 1. The van der Waals surface area contributed by atoms with Crippen molar-refractivity contribution in [2.24, 2.45) is 0 Å². The first kappa shape index (κ1) is 15.4. The molecule has 25 heavy (non-hydrogen) atoms. The normalized spacial score (nSPS) is 10.9. The molecule has 0 bridgehead atoms. The molecule has 0 amide bonds. The third kappa shape index (κ3) is 3.53. The first-order chi connectivity index (χ1) is 12.4. The highest BCUT2D eigenvalue weighted by Crippen LogP contribution is 2.29. The summed E-state index contributed by atoms with van der Waals surface area (Å²) < 4.78 is 6.03. The van der Waals surface area contributed by atoms with Gasteiger partial charge in [0.15, 0.2) is 11.7 Å². The van der Waals surface area contributed by atoms with Crippen molar-refractivity contribution in [1.29, 1.82) is 0 Å². The Kier molecular flexibility index (Phi) is 4.42. The number of hydrogen-bond donors (Lipinski definition) is 0. The van der Waals surface area contributed by atoms with E-state index in [1.54, 1.807) is 0 Å². The Morgan fingerprint density at radius 1 is 0.680 bits per heavy atom. The molecule has 0 fully saturated rings. The van der Waals surface area contributed by atoms with E-state index >= 15 is 0 Å². The minimum Gasteiger partial charge on any atom is -0.441 e. The van der Waals surface area contributed by atoms with E-state index in [9.17, 15) is 0 Å². The van der Waals surface area contributed by atoms with E-state index in [0.29, 0.717) is 0 Å². The number of oxazole rings is 1. The summed E-state index contributed by atoms with van der Waals surface area (Å²) >= 11 is 0. The van der Waals surface area contributed by atoms with Crippen LogP contribution in [0.25, 0.3) is 11.3 Å². The molecule has 0 N–H and O–H groups in total. The predicted molar refractivity (Wildman–Crippen MR) is 100 cm³/mol. The van der Waals surface area contributed by atoms with E-state index in [4.69, 9.17) is 4.42 Å². The maximum absolute atomic E-state index is 6.03. The standard InChI is InChI=1S/C23H19NO/c1-4-10-18(11-5-1)21(19-12-6-2-7-13-19)16-23-24-17-22(25-23)20-14-8-3-9-15-20/h1-15,17,21H,16H2. The highest BCUT2D eigenvalue weighted by Gasteiger charge is 2.18. The largest absolute Gasteiger partial charge is 0.441 e. The van der Waals surface area contributed by atoms with Crippen LogP contribution in [-0.4, -0.2) is 4.98 Å². The third-order valence-corrected chi connectivity index (χ3v) is 4.39. The lowest BCUT2D eigenvalue weighted by Gasteiger charge is -2.16. The van der Waals surface area contributed by atoms with Crippen LogP contribution in [0.4, 0.5) is 0 Å². The SMILES string of the molecule is c1ccc(-c2cnc(CC(c3ccccc3)c3ccccc3)o2)cc1. The van der Waals surface area contributed by atoms with Gasteiger partial charge >= 0.3 is 0 Å². The quantitative estimate of drug-likeness (QED) is 0.469. The van der Waals surface area contributed by atoms with Crippen LogP contribution in [0.5, 0.6) is 0 Å². The molecular weight excluding hydrogens is 306 g/mol. The maximum Gasteiger partial charge on any atom is 0.195 e. The molecule has 0 atom stereocenters. The van der Waals surface area contributed by atoms with Crippen molar-refractivity contribution >= 4 is 0 Å².